The Balaban J connectivity index is 2.11. The van der Waals surface area contributed by atoms with Gasteiger partial charge in [-0.25, -0.2) is 4.98 Å². The van der Waals surface area contributed by atoms with E-state index in [4.69, 9.17) is 4.74 Å². The summed E-state index contributed by atoms with van der Waals surface area (Å²) in [7, 11) is 0. The molecule has 4 nitrogen and oxygen atoms in total. The molecule has 12 heavy (non-hydrogen) atoms. The lowest BCUT2D eigenvalue weighted by Gasteiger charge is -2.28. The van der Waals surface area contributed by atoms with Crippen molar-refractivity contribution in [2.75, 3.05) is 13.2 Å². The molecule has 2 unspecified atom stereocenters. The summed E-state index contributed by atoms with van der Waals surface area (Å²) in [4.78, 5) is 7.10. The first-order chi connectivity index (χ1) is 5.88. The van der Waals surface area contributed by atoms with Gasteiger partial charge in [-0.15, -0.1) is 0 Å². The Labute approximate surface area is 71.3 Å². The van der Waals surface area contributed by atoms with E-state index in [1.807, 2.05) is 6.20 Å². The minimum atomic E-state index is 0.102. The van der Waals surface area contributed by atoms with E-state index in [-0.39, 0.29) is 6.10 Å². The molecule has 0 aromatic carbocycles. The molecular formula is C8H13N3O. The predicted octanol–water partition coefficient (Wildman–Crippen LogP) is 0.459. The molecule has 1 aromatic rings. The van der Waals surface area contributed by atoms with Crippen LogP contribution in [-0.4, -0.2) is 29.2 Å². The van der Waals surface area contributed by atoms with Crippen LogP contribution < -0.4 is 5.32 Å². The molecule has 66 valence electrons. The van der Waals surface area contributed by atoms with E-state index in [2.05, 4.69) is 22.2 Å². The van der Waals surface area contributed by atoms with Crippen LogP contribution in [0.25, 0.3) is 0 Å². The van der Waals surface area contributed by atoms with Gasteiger partial charge in [-0.05, 0) is 6.92 Å². The summed E-state index contributed by atoms with van der Waals surface area (Å²) in [6.07, 6.45) is 3.67. The van der Waals surface area contributed by atoms with Crippen molar-refractivity contribution in [2.45, 2.75) is 19.1 Å². The predicted molar refractivity (Wildman–Crippen MR) is 44.7 cm³/mol. The third kappa shape index (κ3) is 1.35. The average Bonchev–Trinajstić information content (AvgIpc) is 2.57. The van der Waals surface area contributed by atoms with Crippen LogP contribution in [0.1, 0.15) is 18.7 Å². The number of aromatic nitrogens is 2. The van der Waals surface area contributed by atoms with Crippen LogP contribution in [-0.2, 0) is 4.74 Å². The van der Waals surface area contributed by atoms with Gasteiger partial charge < -0.3 is 15.0 Å². The second kappa shape index (κ2) is 3.25. The fourth-order valence-corrected chi connectivity index (χ4v) is 1.49. The maximum Gasteiger partial charge on any atom is 0.116 e. The van der Waals surface area contributed by atoms with Gasteiger partial charge in [-0.2, -0.15) is 0 Å². The van der Waals surface area contributed by atoms with Crippen molar-refractivity contribution >= 4 is 0 Å². The fourth-order valence-electron chi connectivity index (χ4n) is 1.49. The summed E-state index contributed by atoms with van der Waals surface area (Å²) in [5.41, 5.74) is 0.981. The van der Waals surface area contributed by atoms with Gasteiger partial charge in [0.15, 0.2) is 0 Å². The first-order valence-corrected chi connectivity index (χ1v) is 4.21. The van der Waals surface area contributed by atoms with Gasteiger partial charge in [0.2, 0.25) is 0 Å². The average molecular weight is 167 g/mol. The van der Waals surface area contributed by atoms with E-state index < -0.39 is 0 Å². The molecule has 2 atom stereocenters. The lowest BCUT2D eigenvalue weighted by atomic mass is 10.1. The van der Waals surface area contributed by atoms with Crippen molar-refractivity contribution in [1.82, 2.24) is 15.3 Å². The van der Waals surface area contributed by atoms with E-state index in [0.717, 1.165) is 18.8 Å². The number of nitrogens with one attached hydrogen (secondary N) is 2. The normalized spacial score (nSPS) is 30.4. The number of morpholine rings is 1. The van der Waals surface area contributed by atoms with Crippen LogP contribution in [0.15, 0.2) is 12.5 Å². The van der Waals surface area contributed by atoms with Crippen LogP contribution in [0, 0.1) is 0 Å². The van der Waals surface area contributed by atoms with Gasteiger partial charge in [0.05, 0.1) is 18.6 Å². The molecule has 0 saturated carbocycles. The van der Waals surface area contributed by atoms with Gasteiger partial charge >= 0.3 is 0 Å². The SMILES string of the molecule is CC1NCCOC1c1c[nH]cn1. The Bertz CT molecular complexity index is 234. The van der Waals surface area contributed by atoms with Gasteiger partial charge in [-0.3, -0.25) is 0 Å². The molecule has 1 aromatic heterocycles. The highest BCUT2D eigenvalue weighted by molar-refractivity contribution is 5.03. The first kappa shape index (κ1) is 7.76. The van der Waals surface area contributed by atoms with Crippen LogP contribution >= 0.6 is 0 Å². The third-order valence-electron chi connectivity index (χ3n) is 2.13. The Kier molecular flexibility index (Phi) is 2.10. The molecule has 0 radical (unpaired) electrons. The molecular weight excluding hydrogens is 154 g/mol. The van der Waals surface area contributed by atoms with Crippen molar-refractivity contribution in [3.05, 3.63) is 18.2 Å². The summed E-state index contributed by atoms with van der Waals surface area (Å²) in [5, 5.41) is 3.34. The minimum Gasteiger partial charge on any atom is -0.369 e. The van der Waals surface area contributed by atoms with Crippen molar-refractivity contribution in [1.29, 1.82) is 0 Å². The van der Waals surface area contributed by atoms with Gasteiger partial charge in [0.25, 0.3) is 0 Å². The zero-order valence-corrected chi connectivity index (χ0v) is 7.08. The first-order valence-electron chi connectivity index (χ1n) is 4.21. The summed E-state index contributed by atoms with van der Waals surface area (Å²) in [6.45, 7) is 3.81. The van der Waals surface area contributed by atoms with Crippen LogP contribution in [0.3, 0.4) is 0 Å². The molecule has 1 aliphatic rings. The molecule has 0 bridgehead atoms. The van der Waals surface area contributed by atoms with E-state index in [1.54, 1.807) is 6.33 Å². The number of nitrogens with zero attached hydrogens (tertiary/aromatic N) is 1. The number of aromatic amines is 1. The second-order valence-corrected chi connectivity index (χ2v) is 3.03. The van der Waals surface area contributed by atoms with E-state index >= 15 is 0 Å². The number of imidazole rings is 1. The van der Waals surface area contributed by atoms with Crippen LogP contribution in [0.4, 0.5) is 0 Å². The summed E-state index contributed by atoms with van der Waals surface area (Å²) >= 11 is 0. The van der Waals surface area contributed by atoms with Crippen molar-refractivity contribution < 1.29 is 4.74 Å². The van der Waals surface area contributed by atoms with Crippen molar-refractivity contribution in [3.63, 3.8) is 0 Å². The molecule has 1 fully saturated rings. The second-order valence-electron chi connectivity index (χ2n) is 3.03. The van der Waals surface area contributed by atoms with Gasteiger partial charge in [-0.1, -0.05) is 0 Å². The number of hydrogen-bond acceptors (Lipinski definition) is 3. The van der Waals surface area contributed by atoms with Crippen molar-refractivity contribution in [3.8, 4) is 0 Å². The summed E-state index contributed by atoms with van der Waals surface area (Å²) < 4.78 is 5.59. The quantitative estimate of drug-likeness (QED) is 0.638. The molecule has 1 aliphatic heterocycles. The number of rotatable bonds is 1. The molecule has 2 rings (SSSR count). The lowest BCUT2D eigenvalue weighted by Crippen LogP contribution is -2.41. The van der Waals surface area contributed by atoms with Crippen LogP contribution in [0.5, 0.6) is 0 Å². The van der Waals surface area contributed by atoms with Gasteiger partial charge in [0.1, 0.15) is 6.10 Å². The molecule has 2 N–H and O–H groups in total. The highest BCUT2D eigenvalue weighted by Gasteiger charge is 2.24. The molecule has 0 spiro atoms. The zero-order chi connectivity index (χ0) is 8.39. The van der Waals surface area contributed by atoms with Crippen LogP contribution in [0.2, 0.25) is 0 Å². The summed E-state index contributed by atoms with van der Waals surface area (Å²) in [6, 6.07) is 0.349. The lowest BCUT2D eigenvalue weighted by molar-refractivity contribution is -0.00257. The van der Waals surface area contributed by atoms with E-state index in [1.165, 1.54) is 0 Å². The topological polar surface area (TPSA) is 49.9 Å². The number of H-pyrrole nitrogens is 1. The molecule has 2 heterocycles. The van der Waals surface area contributed by atoms with E-state index in [0.29, 0.717) is 6.04 Å². The fraction of sp³-hybridized carbons (Fsp3) is 0.625. The maximum atomic E-state index is 5.59. The molecule has 4 heteroatoms. The monoisotopic (exact) mass is 167 g/mol. The largest absolute Gasteiger partial charge is 0.369 e. The highest BCUT2D eigenvalue weighted by atomic mass is 16.5. The standard InChI is InChI=1S/C8H13N3O/c1-6-8(12-3-2-10-6)7-4-9-5-11-7/h4-6,8,10H,2-3H2,1H3,(H,9,11). The Morgan fingerprint density at radius 1 is 1.67 bits per heavy atom. The molecule has 0 amide bonds. The molecule has 0 aliphatic carbocycles. The number of ether oxygens (including phenoxy) is 1. The summed E-state index contributed by atoms with van der Waals surface area (Å²) in [5.74, 6) is 0. The molecule has 1 saturated heterocycles. The maximum absolute atomic E-state index is 5.59. The Morgan fingerprint density at radius 3 is 3.25 bits per heavy atom. The number of hydrogen-bond donors (Lipinski definition) is 2. The Morgan fingerprint density at radius 2 is 2.58 bits per heavy atom. The van der Waals surface area contributed by atoms with E-state index in [9.17, 15) is 0 Å². The van der Waals surface area contributed by atoms with Crippen molar-refractivity contribution in [2.24, 2.45) is 0 Å². The third-order valence-corrected chi connectivity index (χ3v) is 2.13. The minimum absolute atomic E-state index is 0.102. The zero-order valence-electron chi connectivity index (χ0n) is 7.08. The Hall–Kier alpha value is -0.870. The smallest absolute Gasteiger partial charge is 0.116 e. The highest BCUT2D eigenvalue weighted by Crippen LogP contribution is 2.20. The van der Waals surface area contributed by atoms with Gasteiger partial charge in [0, 0.05) is 18.8 Å².